The minimum Gasteiger partial charge on any atom is -0.497 e. The van der Waals surface area contributed by atoms with E-state index in [1.165, 1.54) is 0 Å². The van der Waals surface area contributed by atoms with Crippen LogP contribution in [0.2, 0.25) is 0 Å². The van der Waals surface area contributed by atoms with Crippen LogP contribution in [0.25, 0.3) is 0 Å². The summed E-state index contributed by atoms with van der Waals surface area (Å²) in [7, 11) is 1.57. The molecule has 3 amide bonds. The van der Waals surface area contributed by atoms with Crippen molar-refractivity contribution in [2.45, 2.75) is 13.3 Å². The van der Waals surface area contributed by atoms with Gasteiger partial charge in [-0.15, -0.1) is 0 Å². The van der Waals surface area contributed by atoms with Crippen LogP contribution in [0, 0.1) is 12.8 Å². The largest absolute Gasteiger partial charge is 0.497 e. The molecule has 1 saturated heterocycles. The van der Waals surface area contributed by atoms with Crippen LogP contribution in [0.1, 0.15) is 22.3 Å². The molecule has 1 fully saturated rings. The lowest BCUT2D eigenvalue weighted by molar-refractivity contribution is -0.126. The summed E-state index contributed by atoms with van der Waals surface area (Å²) in [6.07, 6.45) is 0.0955. The van der Waals surface area contributed by atoms with Gasteiger partial charge in [-0.1, -0.05) is 17.7 Å². The number of nitrogens with one attached hydrogen (secondary N) is 2. The number of hydrogen-bond acceptors (Lipinski definition) is 4. The maximum Gasteiger partial charge on any atom is 0.269 e. The minimum atomic E-state index is -0.530. The van der Waals surface area contributed by atoms with Crippen molar-refractivity contribution in [2.24, 2.45) is 5.92 Å². The molecule has 1 heterocycles. The molecule has 2 aromatic rings. The van der Waals surface area contributed by atoms with Crippen LogP contribution in [0.5, 0.6) is 5.75 Å². The Balaban J connectivity index is 1.56. The summed E-state index contributed by atoms with van der Waals surface area (Å²) in [6, 6.07) is 14.1. The van der Waals surface area contributed by atoms with E-state index < -0.39 is 11.8 Å². The highest BCUT2D eigenvalue weighted by Crippen LogP contribution is 2.26. The van der Waals surface area contributed by atoms with Crippen molar-refractivity contribution < 1.29 is 19.1 Å². The molecule has 0 spiro atoms. The molecule has 0 bridgehead atoms. The van der Waals surface area contributed by atoms with Gasteiger partial charge in [0.1, 0.15) is 5.75 Å². The first-order valence-electron chi connectivity index (χ1n) is 8.59. The van der Waals surface area contributed by atoms with Crippen molar-refractivity contribution in [1.82, 2.24) is 10.9 Å². The van der Waals surface area contributed by atoms with Gasteiger partial charge in [-0.05, 0) is 43.3 Å². The summed E-state index contributed by atoms with van der Waals surface area (Å²) >= 11 is 0. The van der Waals surface area contributed by atoms with E-state index in [9.17, 15) is 14.4 Å². The molecule has 2 aromatic carbocycles. The fourth-order valence-corrected chi connectivity index (χ4v) is 2.89. The fraction of sp³-hybridized carbons (Fsp3) is 0.250. The molecule has 1 atom stereocenters. The first kappa shape index (κ1) is 18.4. The van der Waals surface area contributed by atoms with E-state index in [4.69, 9.17) is 4.74 Å². The monoisotopic (exact) mass is 367 g/mol. The van der Waals surface area contributed by atoms with E-state index in [1.54, 1.807) is 48.4 Å². The predicted octanol–water partition coefficient (Wildman–Crippen LogP) is 1.82. The molecule has 0 radical (unpaired) electrons. The number of rotatable bonds is 4. The summed E-state index contributed by atoms with van der Waals surface area (Å²) in [5, 5.41) is 0. The number of ether oxygens (including phenoxy) is 1. The Hall–Kier alpha value is -3.35. The third kappa shape index (κ3) is 4.25. The number of methoxy groups -OCH3 is 1. The molecule has 7 nitrogen and oxygen atoms in total. The zero-order chi connectivity index (χ0) is 19.4. The molecule has 1 aliphatic heterocycles. The van der Waals surface area contributed by atoms with E-state index in [0.29, 0.717) is 17.0 Å². The number of benzene rings is 2. The molecule has 2 N–H and O–H groups in total. The lowest BCUT2D eigenvalue weighted by Gasteiger charge is -2.17. The Labute approximate surface area is 157 Å². The minimum absolute atomic E-state index is 0.0955. The molecule has 0 unspecified atom stereocenters. The Morgan fingerprint density at radius 1 is 1.04 bits per heavy atom. The van der Waals surface area contributed by atoms with Crippen LogP contribution >= 0.6 is 0 Å². The number of nitrogens with zero attached hydrogens (tertiary/aromatic N) is 1. The lowest BCUT2D eigenvalue weighted by atomic mass is 10.1. The number of carbonyl (C=O) groups excluding carboxylic acids is 3. The highest BCUT2D eigenvalue weighted by molar-refractivity contribution is 6.01. The highest BCUT2D eigenvalue weighted by Gasteiger charge is 2.35. The second-order valence-electron chi connectivity index (χ2n) is 6.41. The number of amides is 3. The zero-order valence-corrected chi connectivity index (χ0v) is 15.2. The summed E-state index contributed by atoms with van der Waals surface area (Å²) in [5.41, 5.74) is 7.00. The van der Waals surface area contributed by atoms with Crippen molar-refractivity contribution in [2.75, 3.05) is 18.6 Å². The van der Waals surface area contributed by atoms with Crippen LogP contribution in [0.4, 0.5) is 5.69 Å². The SMILES string of the molecule is COc1ccc(N2C[C@@H](C(=O)NNC(=O)c3ccc(C)cc3)CC2=O)cc1. The quantitative estimate of drug-likeness (QED) is 0.807. The molecule has 3 rings (SSSR count). The average molecular weight is 367 g/mol. The van der Waals surface area contributed by atoms with Gasteiger partial charge in [0.2, 0.25) is 11.8 Å². The number of aryl methyl sites for hydroxylation is 1. The van der Waals surface area contributed by atoms with Gasteiger partial charge in [-0.25, -0.2) is 0 Å². The van der Waals surface area contributed by atoms with Gasteiger partial charge in [0.25, 0.3) is 5.91 Å². The highest BCUT2D eigenvalue weighted by atomic mass is 16.5. The van der Waals surface area contributed by atoms with Crippen molar-refractivity contribution in [3.63, 3.8) is 0 Å². The Morgan fingerprint density at radius 2 is 1.70 bits per heavy atom. The van der Waals surface area contributed by atoms with Gasteiger partial charge < -0.3 is 9.64 Å². The predicted molar refractivity (Wildman–Crippen MR) is 100 cm³/mol. The molecular formula is C20H21N3O4. The number of hydrogen-bond donors (Lipinski definition) is 2. The van der Waals surface area contributed by atoms with Gasteiger partial charge in [-0.2, -0.15) is 0 Å². The van der Waals surface area contributed by atoms with Gasteiger partial charge in [-0.3, -0.25) is 25.2 Å². The zero-order valence-electron chi connectivity index (χ0n) is 15.2. The van der Waals surface area contributed by atoms with Crippen molar-refractivity contribution in [3.05, 3.63) is 59.7 Å². The Morgan fingerprint density at radius 3 is 2.33 bits per heavy atom. The summed E-state index contributed by atoms with van der Waals surface area (Å²) in [5.74, 6) is -0.763. The van der Waals surface area contributed by atoms with Gasteiger partial charge in [0.15, 0.2) is 0 Å². The number of carbonyl (C=O) groups is 3. The lowest BCUT2D eigenvalue weighted by Crippen LogP contribution is -2.45. The van der Waals surface area contributed by atoms with E-state index >= 15 is 0 Å². The third-order valence-electron chi connectivity index (χ3n) is 4.49. The molecule has 1 aliphatic rings. The third-order valence-corrected chi connectivity index (χ3v) is 4.49. The summed E-state index contributed by atoms with van der Waals surface area (Å²) < 4.78 is 5.11. The Bertz CT molecular complexity index is 847. The average Bonchev–Trinajstić information content (AvgIpc) is 3.08. The van der Waals surface area contributed by atoms with Crippen molar-refractivity contribution >= 4 is 23.4 Å². The molecular weight excluding hydrogens is 346 g/mol. The standard InChI is InChI=1S/C20H21N3O4/c1-13-3-5-14(6-4-13)19(25)21-22-20(26)15-11-18(24)23(12-15)16-7-9-17(27-2)10-8-16/h3-10,15H,11-12H2,1-2H3,(H,21,25)(H,22,26)/t15-/m0/s1. The van der Waals surface area contributed by atoms with Crippen LogP contribution in [-0.2, 0) is 9.59 Å². The van der Waals surface area contributed by atoms with E-state index in [0.717, 1.165) is 5.56 Å². The molecule has 140 valence electrons. The molecule has 0 aromatic heterocycles. The van der Waals surface area contributed by atoms with E-state index in [-0.39, 0.29) is 24.8 Å². The second kappa shape index (κ2) is 7.90. The topological polar surface area (TPSA) is 87.7 Å². The maximum atomic E-state index is 12.3. The van der Waals surface area contributed by atoms with Gasteiger partial charge in [0.05, 0.1) is 13.0 Å². The molecule has 7 heteroatoms. The smallest absolute Gasteiger partial charge is 0.269 e. The molecule has 0 aliphatic carbocycles. The normalized spacial score (nSPS) is 16.1. The van der Waals surface area contributed by atoms with Crippen molar-refractivity contribution in [1.29, 1.82) is 0 Å². The number of hydrazine groups is 1. The van der Waals surface area contributed by atoms with Crippen molar-refractivity contribution in [3.8, 4) is 5.75 Å². The van der Waals surface area contributed by atoms with Gasteiger partial charge in [0, 0.05) is 24.2 Å². The summed E-state index contributed by atoms with van der Waals surface area (Å²) in [6.45, 7) is 2.19. The fourth-order valence-electron chi connectivity index (χ4n) is 2.89. The number of anilines is 1. The van der Waals surface area contributed by atoms with Crippen LogP contribution in [-0.4, -0.2) is 31.4 Å². The maximum absolute atomic E-state index is 12.3. The van der Waals surface area contributed by atoms with Gasteiger partial charge >= 0.3 is 0 Å². The second-order valence-corrected chi connectivity index (χ2v) is 6.41. The first-order valence-corrected chi connectivity index (χ1v) is 8.59. The van der Waals surface area contributed by atoms with Crippen LogP contribution < -0.4 is 20.5 Å². The first-order chi connectivity index (χ1) is 13.0. The van der Waals surface area contributed by atoms with E-state index in [1.807, 2.05) is 19.1 Å². The Kier molecular flexibility index (Phi) is 5.40. The molecule has 0 saturated carbocycles. The van der Waals surface area contributed by atoms with Crippen LogP contribution in [0.3, 0.4) is 0 Å². The summed E-state index contributed by atoms with van der Waals surface area (Å²) in [4.78, 5) is 38.2. The van der Waals surface area contributed by atoms with E-state index in [2.05, 4.69) is 10.9 Å². The molecule has 27 heavy (non-hydrogen) atoms. The van der Waals surface area contributed by atoms with Crippen LogP contribution in [0.15, 0.2) is 48.5 Å².